The molecule has 1 aliphatic rings. The van der Waals surface area contributed by atoms with E-state index in [9.17, 15) is 44.7 Å². The number of carboxylic acid groups (broad SMARTS) is 1. The third-order valence-electron chi connectivity index (χ3n) is 7.60. The summed E-state index contributed by atoms with van der Waals surface area (Å²) in [5.74, 6) is -2.51. The molecule has 12 heteroatoms. The number of rotatable bonds is 8. The maximum atomic E-state index is 13.7. The van der Waals surface area contributed by atoms with Crippen LogP contribution >= 0.6 is 0 Å². The Hall–Kier alpha value is -3.38. The second-order valence-corrected chi connectivity index (χ2v) is 13.1. The van der Waals surface area contributed by atoms with Crippen LogP contribution in [0.15, 0.2) is 71.6 Å². The fraction of sp³-hybridized carbons (Fsp3) is 0.387. The Morgan fingerprint density at radius 2 is 1.58 bits per heavy atom. The Labute approximate surface area is 246 Å². The van der Waals surface area contributed by atoms with E-state index < -0.39 is 56.2 Å². The molecule has 0 bridgehead atoms. The number of carbonyl (C=O) groups is 1. The molecule has 0 aromatic heterocycles. The fourth-order valence-electron chi connectivity index (χ4n) is 5.48. The van der Waals surface area contributed by atoms with E-state index in [0.29, 0.717) is 35.1 Å². The van der Waals surface area contributed by atoms with Crippen molar-refractivity contribution in [2.45, 2.75) is 62.2 Å². The van der Waals surface area contributed by atoms with Gasteiger partial charge in [-0.15, -0.1) is 0 Å². The van der Waals surface area contributed by atoms with Gasteiger partial charge in [0.15, 0.2) is 0 Å². The second kappa shape index (κ2) is 12.3. The summed E-state index contributed by atoms with van der Waals surface area (Å²) in [5.41, 5.74) is -0.268. The number of aliphatic carboxylic acids is 1. The summed E-state index contributed by atoms with van der Waals surface area (Å²) in [6.45, 7) is 3.58. The summed E-state index contributed by atoms with van der Waals surface area (Å²) in [5, 5.41) is 10.0. The number of benzene rings is 3. The molecule has 43 heavy (non-hydrogen) atoms. The highest BCUT2D eigenvalue weighted by atomic mass is 32.2. The van der Waals surface area contributed by atoms with Crippen LogP contribution in [0.25, 0.3) is 11.1 Å². The number of halogens is 6. The third kappa shape index (κ3) is 7.41. The molecule has 3 aromatic rings. The number of hydrogen-bond donors (Lipinski definition) is 1. The minimum Gasteiger partial charge on any atom is -0.481 e. The number of piperidine rings is 1. The van der Waals surface area contributed by atoms with E-state index in [2.05, 4.69) is 0 Å². The van der Waals surface area contributed by atoms with Crippen LogP contribution in [0.1, 0.15) is 67.2 Å². The van der Waals surface area contributed by atoms with Gasteiger partial charge in [-0.2, -0.15) is 30.6 Å². The normalized spacial score (nSPS) is 17.7. The van der Waals surface area contributed by atoms with Gasteiger partial charge in [0.1, 0.15) is 0 Å². The predicted octanol–water partition coefficient (Wildman–Crippen LogP) is 8.17. The van der Waals surface area contributed by atoms with Crippen LogP contribution in [0, 0.1) is 5.92 Å². The maximum Gasteiger partial charge on any atom is 0.417 e. The summed E-state index contributed by atoms with van der Waals surface area (Å²) >= 11 is 0. The molecule has 2 atom stereocenters. The largest absolute Gasteiger partial charge is 0.481 e. The Morgan fingerprint density at radius 1 is 0.930 bits per heavy atom. The Bertz CT molecular complexity index is 1570. The predicted molar refractivity (Wildman–Crippen MR) is 149 cm³/mol. The first-order valence-corrected chi connectivity index (χ1v) is 15.1. The van der Waals surface area contributed by atoms with Crippen LogP contribution in [0.5, 0.6) is 0 Å². The van der Waals surface area contributed by atoms with Crippen molar-refractivity contribution in [2.24, 2.45) is 5.92 Å². The van der Waals surface area contributed by atoms with Gasteiger partial charge in [-0.25, -0.2) is 8.42 Å². The van der Waals surface area contributed by atoms with E-state index in [-0.39, 0.29) is 25.4 Å². The number of hydrogen-bond acceptors (Lipinski definition) is 3. The van der Waals surface area contributed by atoms with E-state index in [4.69, 9.17) is 0 Å². The Balaban J connectivity index is 1.77. The van der Waals surface area contributed by atoms with Crippen LogP contribution < -0.4 is 0 Å². The van der Waals surface area contributed by atoms with Crippen LogP contribution in [-0.2, 0) is 27.2 Å². The molecule has 2 unspecified atom stereocenters. The summed E-state index contributed by atoms with van der Waals surface area (Å²) in [6.07, 6.45) is -8.33. The minimum atomic E-state index is -4.88. The standard InChI is InChI=1S/C31H31F6NO4S/c1-19(2)14-26(29(39)40)24-16-22(20-9-11-25(12-10-20)30(32,33)34)15-23(17-24)21-6-5-13-38(18-21)43(41,42)28-8-4-3-7-27(28)31(35,36)37/h3-4,7-12,15-17,19,21,26H,5-6,13-14,18H2,1-2H3,(H,39,40). The van der Waals surface area contributed by atoms with Crippen molar-refractivity contribution in [3.8, 4) is 11.1 Å². The molecule has 1 aliphatic heterocycles. The first kappa shape index (κ1) is 32.5. The monoisotopic (exact) mass is 627 g/mol. The molecule has 0 saturated carbocycles. The van der Waals surface area contributed by atoms with Crippen molar-refractivity contribution in [3.63, 3.8) is 0 Å². The number of nitrogens with zero attached hydrogens (tertiary/aromatic N) is 1. The Morgan fingerprint density at radius 3 is 2.16 bits per heavy atom. The van der Waals surface area contributed by atoms with Crippen LogP contribution in [0.3, 0.4) is 0 Å². The van der Waals surface area contributed by atoms with Gasteiger partial charge in [0.2, 0.25) is 10.0 Å². The van der Waals surface area contributed by atoms with Crippen LogP contribution in [-0.4, -0.2) is 36.9 Å². The molecular weight excluding hydrogens is 596 g/mol. The third-order valence-corrected chi connectivity index (χ3v) is 9.52. The molecule has 4 rings (SSSR count). The van der Waals surface area contributed by atoms with Gasteiger partial charge in [0, 0.05) is 13.1 Å². The molecule has 1 N–H and O–H groups in total. The maximum absolute atomic E-state index is 13.7. The molecule has 0 amide bonds. The van der Waals surface area contributed by atoms with Gasteiger partial charge >= 0.3 is 18.3 Å². The molecule has 0 aliphatic carbocycles. The SMILES string of the molecule is CC(C)CC(C(=O)O)c1cc(-c2ccc(C(F)(F)F)cc2)cc(C2CCCN(S(=O)(=O)c3ccccc3C(F)(F)F)C2)c1. The summed E-state index contributed by atoms with van der Waals surface area (Å²) in [4.78, 5) is 11.4. The van der Waals surface area contributed by atoms with E-state index in [1.165, 1.54) is 18.2 Å². The highest BCUT2D eigenvalue weighted by Crippen LogP contribution is 2.39. The topological polar surface area (TPSA) is 74.7 Å². The lowest BCUT2D eigenvalue weighted by atomic mass is 9.83. The highest BCUT2D eigenvalue weighted by Gasteiger charge is 2.40. The van der Waals surface area contributed by atoms with Crippen molar-refractivity contribution in [2.75, 3.05) is 13.1 Å². The zero-order valence-corrected chi connectivity index (χ0v) is 24.2. The first-order valence-electron chi connectivity index (χ1n) is 13.7. The summed E-state index contributed by atoms with van der Waals surface area (Å²) in [7, 11) is -4.54. The molecule has 1 heterocycles. The average molecular weight is 628 g/mol. The van der Waals surface area contributed by atoms with Gasteiger partial charge < -0.3 is 5.11 Å². The molecule has 1 fully saturated rings. The smallest absolute Gasteiger partial charge is 0.417 e. The lowest BCUT2D eigenvalue weighted by Gasteiger charge is -2.33. The van der Waals surface area contributed by atoms with Crippen molar-refractivity contribution in [1.82, 2.24) is 4.31 Å². The second-order valence-electron chi connectivity index (χ2n) is 11.2. The molecule has 0 radical (unpaired) electrons. The number of alkyl halides is 6. The van der Waals surface area contributed by atoms with Crippen molar-refractivity contribution >= 4 is 16.0 Å². The summed E-state index contributed by atoms with van der Waals surface area (Å²) in [6, 6.07) is 13.4. The quantitative estimate of drug-likeness (QED) is 0.256. The van der Waals surface area contributed by atoms with Gasteiger partial charge in [-0.1, -0.05) is 56.3 Å². The zero-order chi connectivity index (χ0) is 31.7. The Kier molecular flexibility index (Phi) is 9.32. The van der Waals surface area contributed by atoms with E-state index >= 15 is 0 Å². The van der Waals surface area contributed by atoms with Gasteiger partial charge in [0.25, 0.3) is 0 Å². The molecule has 3 aromatic carbocycles. The minimum absolute atomic E-state index is 0.00156. The molecule has 1 saturated heterocycles. The number of sulfonamides is 1. The molecular formula is C31H31F6NO4S. The van der Waals surface area contributed by atoms with Gasteiger partial charge in [-0.05, 0) is 77.6 Å². The summed E-state index contributed by atoms with van der Waals surface area (Å²) < 4.78 is 108. The average Bonchev–Trinajstić information content (AvgIpc) is 2.94. The zero-order valence-electron chi connectivity index (χ0n) is 23.4. The lowest BCUT2D eigenvalue weighted by molar-refractivity contribution is -0.140. The van der Waals surface area contributed by atoms with E-state index in [1.807, 2.05) is 13.8 Å². The van der Waals surface area contributed by atoms with Crippen LogP contribution in [0.4, 0.5) is 26.3 Å². The first-order chi connectivity index (χ1) is 20.0. The van der Waals surface area contributed by atoms with Gasteiger partial charge in [0.05, 0.1) is 21.9 Å². The lowest BCUT2D eigenvalue weighted by Crippen LogP contribution is -2.39. The molecule has 232 valence electrons. The van der Waals surface area contributed by atoms with Crippen molar-refractivity contribution in [3.05, 3.63) is 89.0 Å². The van der Waals surface area contributed by atoms with Crippen LogP contribution in [0.2, 0.25) is 0 Å². The van der Waals surface area contributed by atoms with Gasteiger partial charge in [-0.3, -0.25) is 4.79 Å². The fourth-order valence-corrected chi connectivity index (χ4v) is 7.22. The highest BCUT2D eigenvalue weighted by molar-refractivity contribution is 7.89. The van der Waals surface area contributed by atoms with E-state index in [0.717, 1.165) is 34.6 Å². The van der Waals surface area contributed by atoms with E-state index in [1.54, 1.807) is 18.2 Å². The molecule has 5 nitrogen and oxygen atoms in total. The van der Waals surface area contributed by atoms with Crippen molar-refractivity contribution < 1.29 is 44.7 Å². The number of carboxylic acids is 1. The molecule has 0 spiro atoms. The van der Waals surface area contributed by atoms with Crippen molar-refractivity contribution in [1.29, 1.82) is 0 Å².